The largest absolute Gasteiger partial charge is 0.356 e. The number of carbonyl (C=O) groups excluding carboxylic acids is 1. The molecule has 0 spiro atoms. The van der Waals surface area contributed by atoms with Gasteiger partial charge in [0.15, 0.2) is 0 Å². The zero-order chi connectivity index (χ0) is 14.9. The number of para-hydroxylation sites is 2. The number of rotatable bonds is 5. The minimum Gasteiger partial charge on any atom is -0.356 e. The lowest BCUT2D eigenvalue weighted by Crippen LogP contribution is -2.31. The maximum absolute atomic E-state index is 12.0. The van der Waals surface area contributed by atoms with Gasteiger partial charge < -0.3 is 10.3 Å². The molecule has 2 aromatic rings. The number of aromatic nitrogens is 2. The number of nitrogens with one attached hydrogen (secondary N) is 2. The van der Waals surface area contributed by atoms with Crippen molar-refractivity contribution in [2.24, 2.45) is 17.8 Å². The number of aromatic amines is 1. The number of amides is 1. The summed E-state index contributed by atoms with van der Waals surface area (Å²) in [6, 6.07) is 7.96. The van der Waals surface area contributed by atoms with E-state index in [0.717, 1.165) is 29.3 Å². The van der Waals surface area contributed by atoms with Gasteiger partial charge in [-0.1, -0.05) is 24.3 Å². The maximum Gasteiger partial charge on any atom is 0.220 e. The van der Waals surface area contributed by atoms with Crippen LogP contribution in [0.1, 0.15) is 25.1 Å². The van der Waals surface area contributed by atoms with E-state index in [4.69, 9.17) is 0 Å². The first-order valence-electron chi connectivity index (χ1n) is 8.16. The van der Waals surface area contributed by atoms with Crippen LogP contribution in [-0.4, -0.2) is 22.4 Å². The quantitative estimate of drug-likeness (QED) is 0.833. The highest BCUT2D eigenvalue weighted by Gasteiger charge is 2.35. The van der Waals surface area contributed by atoms with Gasteiger partial charge in [0.25, 0.3) is 0 Å². The van der Waals surface area contributed by atoms with E-state index in [2.05, 4.69) is 27.4 Å². The second kappa shape index (κ2) is 5.59. The summed E-state index contributed by atoms with van der Waals surface area (Å²) >= 11 is 0. The van der Waals surface area contributed by atoms with Crippen LogP contribution in [0.2, 0.25) is 0 Å². The number of fused-ring (bicyclic) bond motifs is 3. The van der Waals surface area contributed by atoms with Gasteiger partial charge in [0.1, 0.15) is 5.82 Å². The van der Waals surface area contributed by atoms with E-state index < -0.39 is 0 Å². The molecule has 0 radical (unpaired) electrons. The number of hydrogen-bond donors (Lipinski definition) is 2. The van der Waals surface area contributed by atoms with Gasteiger partial charge in [-0.3, -0.25) is 4.79 Å². The number of aryl methyl sites for hydroxylation is 1. The van der Waals surface area contributed by atoms with E-state index in [1.165, 1.54) is 12.8 Å². The normalized spacial score (nSPS) is 25.9. The Morgan fingerprint density at radius 3 is 2.95 bits per heavy atom. The predicted molar refractivity (Wildman–Crippen MR) is 86.3 cm³/mol. The lowest BCUT2D eigenvalue weighted by Gasteiger charge is -2.18. The van der Waals surface area contributed by atoms with Crippen LogP contribution in [0.4, 0.5) is 0 Å². The van der Waals surface area contributed by atoms with Crippen molar-refractivity contribution >= 4 is 16.9 Å². The maximum atomic E-state index is 12.0. The smallest absolute Gasteiger partial charge is 0.220 e. The molecule has 114 valence electrons. The summed E-state index contributed by atoms with van der Waals surface area (Å²) in [5, 5.41) is 3.10. The first-order valence-corrected chi connectivity index (χ1v) is 8.16. The molecule has 1 aromatic carbocycles. The van der Waals surface area contributed by atoms with Gasteiger partial charge in [0, 0.05) is 19.4 Å². The monoisotopic (exact) mass is 295 g/mol. The van der Waals surface area contributed by atoms with Gasteiger partial charge in [-0.25, -0.2) is 4.98 Å². The van der Waals surface area contributed by atoms with Crippen LogP contribution < -0.4 is 5.32 Å². The van der Waals surface area contributed by atoms with Crippen LogP contribution in [-0.2, 0) is 11.2 Å². The van der Waals surface area contributed by atoms with Crippen molar-refractivity contribution in [3.05, 3.63) is 42.2 Å². The summed E-state index contributed by atoms with van der Waals surface area (Å²) in [5.74, 6) is 3.12. The molecule has 4 nitrogen and oxygen atoms in total. The minimum absolute atomic E-state index is 0.132. The Kier molecular flexibility index (Phi) is 3.45. The third-order valence-corrected chi connectivity index (χ3v) is 5.01. The van der Waals surface area contributed by atoms with Crippen LogP contribution in [0.25, 0.3) is 11.0 Å². The van der Waals surface area contributed by atoms with Crippen LogP contribution in [0.15, 0.2) is 36.4 Å². The molecular weight excluding hydrogens is 274 g/mol. The molecule has 3 unspecified atom stereocenters. The van der Waals surface area contributed by atoms with E-state index >= 15 is 0 Å². The molecule has 1 amide bonds. The third kappa shape index (κ3) is 2.65. The molecule has 1 aromatic heterocycles. The highest BCUT2D eigenvalue weighted by Crippen LogP contribution is 2.42. The second-order valence-electron chi connectivity index (χ2n) is 6.55. The molecule has 2 aliphatic rings. The molecule has 1 saturated carbocycles. The van der Waals surface area contributed by atoms with Crippen LogP contribution in [0.5, 0.6) is 0 Å². The Morgan fingerprint density at radius 2 is 2.18 bits per heavy atom. The van der Waals surface area contributed by atoms with Crippen LogP contribution in [0.3, 0.4) is 0 Å². The van der Waals surface area contributed by atoms with Crippen molar-refractivity contribution in [2.75, 3.05) is 6.54 Å². The van der Waals surface area contributed by atoms with Crippen molar-refractivity contribution in [2.45, 2.75) is 25.7 Å². The average molecular weight is 295 g/mol. The second-order valence-corrected chi connectivity index (χ2v) is 6.55. The Balaban J connectivity index is 1.26. The van der Waals surface area contributed by atoms with Crippen molar-refractivity contribution in [3.63, 3.8) is 0 Å². The topological polar surface area (TPSA) is 57.8 Å². The number of carbonyl (C=O) groups is 1. The number of imidazole rings is 1. The third-order valence-electron chi connectivity index (χ3n) is 5.01. The lowest BCUT2D eigenvalue weighted by molar-refractivity contribution is -0.121. The molecule has 0 saturated heterocycles. The molecule has 2 aliphatic carbocycles. The van der Waals surface area contributed by atoms with Crippen LogP contribution >= 0.6 is 0 Å². The van der Waals surface area contributed by atoms with Gasteiger partial charge in [-0.2, -0.15) is 0 Å². The summed E-state index contributed by atoms with van der Waals surface area (Å²) in [7, 11) is 0. The SMILES string of the molecule is O=C(CCc1nc2ccccc2[nH]1)NCC1CC2C=CC1C2. The number of H-pyrrole nitrogens is 1. The van der Waals surface area contributed by atoms with Crippen molar-refractivity contribution in [1.29, 1.82) is 0 Å². The summed E-state index contributed by atoms with van der Waals surface area (Å²) in [6.07, 6.45) is 8.36. The van der Waals surface area contributed by atoms with Crippen LogP contribution in [0, 0.1) is 17.8 Å². The molecule has 4 heteroatoms. The first-order chi connectivity index (χ1) is 10.8. The molecule has 1 fully saturated rings. The fourth-order valence-corrected chi connectivity index (χ4v) is 3.82. The lowest BCUT2D eigenvalue weighted by atomic mass is 9.93. The van der Waals surface area contributed by atoms with Crippen molar-refractivity contribution in [1.82, 2.24) is 15.3 Å². The molecule has 2 N–H and O–H groups in total. The molecule has 1 heterocycles. The number of nitrogens with zero attached hydrogens (tertiary/aromatic N) is 1. The van der Waals surface area contributed by atoms with E-state index in [1.807, 2.05) is 24.3 Å². The summed E-state index contributed by atoms with van der Waals surface area (Å²) < 4.78 is 0. The Labute approximate surface area is 130 Å². The molecule has 2 bridgehead atoms. The molecule has 4 rings (SSSR count). The fourth-order valence-electron chi connectivity index (χ4n) is 3.82. The van der Waals surface area contributed by atoms with E-state index in [0.29, 0.717) is 24.7 Å². The van der Waals surface area contributed by atoms with Gasteiger partial charge in [-0.15, -0.1) is 0 Å². The number of allylic oxidation sites excluding steroid dienone is 2. The van der Waals surface area contributed by atoms with Gasteiger partial charge in [-0.05, 0) is 42.7 Å². The van der Waals surface area contributed by atoms with Crippen molar-refractivity contribution in [3.8, 4) is 0 Å². The Morgan fingerprint density at radius 1 is 1.27 bits per heavy atom. The van der Waals surface area contributed by atoms with E-state index in [1.54, 1.807) is 0 Å². The standard InChI is InChI=1S/C18H21N3O/c22-18(19-11-14-10-12-5-6-13(14)9-12)8-7-17-20-15-3-1-2-4-16(15)21-17/h1-6,12-14H,7-11H2,(H,19,22)(H,20,21). The zero-order valence-corrected chi connectivity index (χ0v) is 12.6. The van der Waals surface area contributed by atoms with Gasteiger partial charge in [0.05, 0.1) is 11.0 Å². The Bertz CT molecular complexity index is 685. The van der Waals surface area contributed by atoms with Gasteiger partial charge in [0.2, 0.25) is 5.91 Å². The summed E-state index contributed by atoms with van der Waals surface area (Å²) in [6.45, 7) is 0.824. The first kappa shape index (κ1) is 13.6. The molecule has 3 atom stereocenters. The number of hydrogen-bond acceptors (Lipinski definition) is 2. The molecule has 22 heavy (non-hydrogen) atoms. The van der Waals surface area contributed by atoms with Crippen molar-refractivity contribution < 1.29 is 4.79 Å². The number of benzene rings is 1. The Hall–Kier alpha value is -2.10. The highest BCUT2D eigenvalue weighted by molar-refractivity contribution is 5.77. The van der Waals surface area contributed by atoms with Gasteiger partial charge >= 0.3 is 0 Å². The zero-order valence-electron chi connectivity index (χ0n) is 12.6. The summed E-state index contributed by atoms with van der Waals surface area (Å²) in [5.41, 5.74) is 2.00. The fraction of sp³-hybridized carbons (Fsp3) is 0.444. The van der Waals surface area contributed by atoms with E-state index in [9.17, 15) is 4.79 Å². The van der Waals surface area contributed by atoms with E-state index in [-0.39, 0.29) is 5.91 Å². The average Bonchev–Trinajstić information content (AvgIpc) is 3.24. The minimum atomic E-state index is 0.132. The summed E-state index contributed by atoms with van der Waals surface area (Å²) in [4.78, 5) is 19.8. The molecule has 0 aliphatic heterocycles. The predicted octanol–water partition coefficient (Wildman–Crippen LogP) is 2.82. The molecular formula is C18H21N3O. The highest BCUT2D eigenvalue weighted by atomic mass is 16.1.